The Hall–Kier alpha value is -3.17. The zero-order valence-corrected chi connectivity index (χ0v) is 17.9. The molecule has 0 aliphatic heterocycles. The first-order valence-corrected chi connectivity index (χ1v) is 10.4. The maximum Gasteiger partial charge on any atom is 0.189 e. The minimum absolute atomic E-state index is 0.0925. The lowest BCUT2D eigenvalue weighted by molar-refractivity contribution is 0.245. The summed E-state index contributed by atoms with van der Waals surface area (Å²) in [6, 6.07) is 25.0. The fourth-order valence-corrected chi connectivity index (χ4v) is 4.00. The van der Waals surface area contributed by atoms with Gasteiger partial charge in [-0.15, -0.1) is 0 Å². The van der Waals surface area contributed by atoms with Crippen LogP contribution in [0.25, 0.3) is 10.9 Å². The molecule has 0 aliphatic rings. The summed E-state index contributed by atoms with van der Waals surface area (Å²) in [5, 5.41) is 0.798. The fraction of sp³-hybridized carbons (Fsp3) is 0.222. The zero-order valence-electron chi connectivity index (χ0n) is 17.9. The lowest BCUT2D eigenvalue weighted by Gasteiger charge is -2.23. The van der Waals surface area contributed by atoms with Gasteiger partial charge in [0.2, 0.25) is 0 Å². The lowest BCUT2D eigenvalue weighted by atomic mass is 10.0. The van der Waals surface area contributed by atoms with Gasteiger partial charge in [-0.05, 0) is 43.0 Å². The maximum atomic E-state index is 12.9. The van der Waals surface area contributed by atoms with Gasteiger partial charge in [-0.1, -0.05) is 72.3 Å². The Balaban J connectivity index is 1.67. The molecule has 0 bridgehead atoms. The van der Waals surface area contributed by atoms with Gasteiger partial charge in [-0.3, -0.25) is 9.69 Å². The Morgan fingerprint density at radius 1 is 0.733 bits per heavy atom. The van der Waals surface area contributed by atoms with Gasteiger partial charge < -0.3 is 4.98 Å². The summed E-state index contributed by atoms with van der Waals surface area (Å²) >= 11 is 0. The fourth-order valence-electron chi connectivity index (χ4n) is 4.00. The van der Waals surface area contributed by atoms with Crippen LogP contribution in [0.2, 0.25) is 0 Å². The third-order valence-corrected chi connectivity index (χ3v) is 5.63. The molecular formula is C27H28N2O. The molecule has 0 spiro atoms. The summed E-state index contributed by atoms with van der Waals surface area (Å²) in [5.41, 5.74) is 7.91. The highest BCUT2D eigenvalue weighted by Gasteiger charge is 2.12. The second-order valence-electron chi connectivity index (χ2n) is 8.22. The SMILES string of the molecule is Cc1ccc(CN(Cc2ccccc2)Cc2cc(=O)c3c(C)ccc(C)c3[nH]2)cc1. The minimum atomic E-state index is 0.0925. The van der Waals surface area contributed by atoms with E-state index in [9.17, 15) is 4.79 Å². The third kappa shape index (κ3) is 4.52. The zero-order chi connectivity index (χ0) is 21.1. The van der Waals surface area contributed by atoms with E-state index in [1.165, 1.54) is 16.7 Å². The van der Waals surface area contributed by atoms with Gasteiger partial charge in [-0.2, -0.15) is 0 Å². The van der Waals surface area contributed by atoms with Crippen molar-refractivity contribution in [2.75, 3.05) is 0 Å². The molecule has 0 saturated carbocycles. The quantitative estimate of drug-likeness (QED) is 0.457. The summed E-state index contributed by atoms with van der Waals surface area (Å²) in [6.45, 7) is 8.48. The van der Waals surface area contributed by atoms with Gasteiger partial charge in [0.1, 0.15) is 0 Å². The first kappa shape index (κ1) is 20.1. The Kier molecular flexibility index (Phi) is 5.82. The van der Waals surface area contributed by atoms with Gasteiger partial charge in [-0.25, -0.2) is 0 Å². The maximum absolute atomic E-state index is 12.9. The number of hydrogen-bond acceptors (Lipinski definition) is 2. The van der Waals surface area contributed by atoms with Crippen molar-refractivity contribution in [1.29, 1.82) is 0 Å². The predicted molar refractivity (Wildman–Crippen MR) is 125 cm³/mol. The first-order chi connectivity index (χ1) is 14.5. The summed E-state index contributed by atoms with van der Waals surface area (Å²) in [4.78, 5) is 18.8. The van der Waals surface area contributed by atoms with Gasteiger partial charge in [0.25, 0.3) is 0 Å². The van der Waals surface area contributed by atoms with Crippen molar-refractivity contribution in [3.05, 3.63) is 117 Å². The number of nitrogens with one attached hydrogen (secondary N) is 1. The number of H-pyrrole nitrogens is 1. The Morgan fingerprint density at radius 2 is 1.37 bits per heavy atom. The van der Waals surface area contributed by atoms with Crippen molar-refractivity contribution >= 4 is 10.9 Å². The van der Waals surface area contributed by atoms with Crippen molar-refractivity contribution in [2.24, 2.45) is 0 Å². The van der Waals surface area contributed by atoms with Crippen LogP contribution in [0.5, 0.6) is 0 Å². The average molecular weight is 397 g/mol. The highest BCUT2D eigenvalue weighted by Crippen LogP contribution is 2.19. The Labute approximate surface area is 178 Å². The molecule has 152 valence electrons. The van der Waals surface area contributed by atoms with Crippen molar-refractivity contribution < 1.29 is 0 Å². The lowest BCUT2D eigenvalue weighted by Crippen LogP contribution is -2.24. The van der Waals surface area contributed by atoms with Crippen molar-refractivity contribution in [3.8, 4) is 0 Å². The highest BCUT2D eigenvalue weighted by molar-refractivity contribution is 5.84. The van der Waals surface area contributed by atoms with Crippen molar-refractivity contribution in [2.45, 2.75) is 40.4 Å². The van der Waals surface area contributed by atoms with E-state index in [4.69, 9.17) is 0 Å². The molecule has 1 N–H and O–H groups in total. The molecular weight excluding hydrogens is 368 g/mol. The number of nitrogens with zero attached hydrogens (tertiary/aromatic N) is 1. The normalized spacial score (nSPS) is 11.3. The number of aromatic amines is 1. The van der Waals surface area contributed by atoms with E-state index in [2.05, 4.69) is 78.3 Å². The average Bonchev–Trinajstić information content (AvgIpc) is 2.73. The molecule has 1 heterocycles. The molecule has 3 aromatic carbocycles. The standard InChI is InChI=1S/C27H28N2O/c1-19-9-13-23(14-10-19)17-29(16-22-7-5-4-6-8-22)18-24-15-25(30)26-20(2)11-12-21(3)27(26)28-24/h4-15H,16-18H2,1-3H3,(H,28,30). The van der Waals surface area contributed by atoms with E-state index in [1.807, 2.05) is 19.1 Å². The largest absolute Gasteiger partial charge is 0.357 e. The molecule has 0 atom stereocenters. The first-order valence-electron chi connectivity index (χ1n) is 10.4. The molecule has 3 nitrogen and oxygen atoms in total. The summed E-state index contributed by atoms with van der Waals surface area (Å²) in [5.74, 6) is 0. The second-order valence-corrected chi connectivity index (χ2v) is 8.22. The van der Waals surface area contributed by atoms with E-state index in [0.29, 0.717) is 6.54 Å². The molecule has 0 unspecified atom stereocenters. The van der Waals surface area contributed by atoms with Crippen LogP contribution in [-0.4, -0.2) is 9.88 Å². The van der Waals surface area contributed by atoms with Crippen molar-refractivity contribution in [3.63, 3.8) is 0 Å². The Morgan fingerprint density at radius 3 is 2.07 bits per heavy atom. The molecule has 3 heteroatoms. The number of rotatable bonds is 6. The number of pyridine rings is 1. The smallest absolute Gasteiger partial charge is 0.189 e. The van der Waals surface area contributed by atoms with Gasteiger partial charge in [0, 0.05) is 36.8 Å². The number of aromatic nitrogens is 1. The van der Waals surface area contributed by atoms with Crippen LogP contribution in [0.1, 0.15) is 33.5 Å². The molecule has 0 fully saturated rings. The van der Waals surface area contributed by atoms with Crippen LogP contribution >= 0.6 is 0 Å². The third-order valence-electron chi connectivity index (χ3n) is 5.63. The molecule has 4 rings (SSSR count). The molecule has 0 aliphatic carbocycles. The van der Waals surface area contributed by atoms with E-state index >= 15 is 0 Å². The van der Waals surface area contributed by atoms with Gasteiger partial charge >= 0.3 is 0 Å². The summed E-state index contributed by atoms with van der Waals surface area (Å²) in [6.07, 6.45) is 0. The van der Waals surface area contributed by atoms with Crippen LogP contribution < -0.4 is 5.43 Å². The number of fused-ring (bicyclic) bond motifs is 1. The molecule has 0 radical (unpaired) electrons. The van der Waals surface area contributed by atoms with E-state index in [-0.39, 0.29) is 5.43 Å². The topological polar surface area (TPSA) is 36.1 Å². The monoisotopic (exact) mass is 396 g/mol. The van der Waals surface area contributed by atoms with Crippen LogP contribution in [0, 0.1) is 20.8 Å². The van der Waals surface area contributed by atoms with E-state index in [0.717, 1.165) is 40.8 Å². The van der Waals surface area contributed by atoms with Crippen LogP contribution in [0.4, 0.5) is 0 Å². The van der Waals surface area contributed by atoms with Crippen molar-refractivity contribution in [1.82, 2.24) is 9.88 Å². The Bertz CT molecular complexity index is 1210. The summed E-state index contributed by atoms with van der Waals surface area (Å²) < 4.78 is 0. The predicted octanol–water partition coefficient (Wildman–Crippen LogP) is 5.66. The summed E-state index contributed by atoms with van der Waals surface area (Å²) in [7, 11) is 0. The molecule has 0 amide bonds. The molecule has 4 aromatic rings. The number of hydrogen-bond donors (Lipinski definition) is 1. The van der Waals surface area contributed by atoms with E-state index in [1.54, 1.807) is 6.07 Å². The highest BCUT2D eigenvalue weighted by atomic mass is 16.1. The van der Waals surface area contributed by atoms with Crippen LogP contribution in [0.15, 0.2) is 77.6 Å². The minimum Gasteiger partial charge on any atom is -0.357 e. The molecule has 1 aromatic heterocycles. The van der Waals surface area contributed by atoms with Gasteiger partial charge in [0.05, 0.1) is 5.52 Å². The molecule has 30 heavy (non-hydrogen) atoms. The van der Waals surface area contributed by atoms with Gasteiger partial charge in [0.15, 0.2) is 5.43 Å². The second kappa shape index (κ2) is 8.68. The number of benzene rings is 3. The molecule has 0 saturated heterocycles. The van der Waals surface area contributed by atoms with E-state index < -0.39 is 0 Å². The van der Waals surface area contributed by atoms with Crippen LogP contribution in [0.3, 0.4) is 0 Å². The van der Waals surface area contributed by atoms with Crippen LogP contribution in [-0.2, 0) is 19.6 Å². The number of aryl methyl sites for hydroxylation is 3.